The van der Waals surface area contributed by atoms with E-state index in [-0.39, 0.29) is 5.91 Å². The van der Waals surface area contributed by atoms with Crippen molar-refractivity contribution in [2.45, 2.75) is 52.0 Å². The minimum atomic E-state index is 0.0202. The number of hydrazone groups is 1. The Hall–Kier alpha value is -1.62. The molecule has 3 aliphatic heterocycles. The lowest BCUT2D eigenvalue weighted by Gasteiger charge is -2.45. The molecule has 3 fully saturated rings. The Kier molecular flexibility index (Phi) is 5.39. The third-order valence-corrected chi connectivity index (χ3v) is 5.69. The first-order valence-electron chi connectivity index (χ1n) is 9.23. The fourth-order valence-corrected chi connectivity index (χ4v) is 4.13. The van der Waals surface area contributed by atoms with Crippen molar-refractivity contribution in [3.8, 4) is 0 Å². The molecule has 1 aliphatic carbocycles. The van der Waals surface area contributed by atoms with E-state index in [4.69, 9.17) is 0 Å². The Morgan fingerprint density at radius 3 is 2.75 bits per heavy atom. The van der Waals surface area contributed by atoms with Crippen molar-refractivity contribution in [2.75, 3.05) is 19.6 Å². The number of allylic oxidation sites excluding steroid dienone is 2. The van der Waals surface area contributed by atoms with Crippen LogP contribution >= 0.6 is 0 Å². The summed E-state index contributed by atoms with van der Waals surface area (Å²) in [5.41, 5.74) is 1.84. The summed E-state index contributed by atoms with van der Waals surface area (Å²) in [6.07, 6.45) is 9.73. The van der Waals surface area contributed by atoms with Crippen molar-refractivity contribution >= 4 is 12.6 Å². The van der Waals surface area contributed by atoms with Crippen LogP contribution in [0.15, 0.2) is 28.6 Å². The molecule has 132 valence electrons. The lowest BCUT2D eigenvalue weighted by Crippen LogP contribution is -2.57. The molecule has 1 amide bonds. The standard InChI is InChI=1S/C19H30N4O/c1-14-5-4-6-17(11-14)23(20-3)12-15(2)19(24)21-18-13-22-9-7-16(18)8-10-22/h6,12,14,16,18H,3-5,7-11,13H2,1-2H3,(H,21,24)/b15-12+/t14-,18?/m0/s1. The molecule has 5 heteroatoms. The molecular weight excluding hydrogens is 300 g/mol. The highest BCUT2D eigenvalue weighted by Crippen LogP contribution is 2.28. The molecule has 2 bridgehead atoms. The Morgan fingerprint density at radius 1 is 1.42 bits per heavy atom. The van der Waals surface area contributed by atoms with E-state index >= 15 is 0 Å². The molecule has 4 rings (SSSR count). The van der Waals surface area contributed by atoms with Gasteiger partial charge in [-0.15, -0.1) is 0 Å². The Bertz CT molecular complexity index is 546. The first-order chi connectivity index (χ1) is 11.6. The first kappa shape index (κ1) is 17.2. The largest absolute Gasteiger partial charge is 0.348 e. The second-order valence-electron chi connectivity index (χ2n) is 7.60. The molecule has 3 saturated heterocycles. The molecule has 0 aromatic rings. The Morgan fingerprint density at radius 2 is 2.17 bits per heavy atom. The summed E-state index contributed by atoms with van der Waals surface area (Å²) >= 11 is 0. The third-order valence-electron chi connectivity index (χ3n) is 5.69. The highest BCUT2D eigenvalue weighted by molar-refractivity contribution is 5.93. The van der Waals surface area contributed by atoms with E-state index < -0.39 is 0 Å². The smallest absolute Gasteiger partial charge is 0.248 e. The van der Waals surface area contributed by atoms with E-state index in [9.17, 15) is 4.79 Å². The van der Waals surface area contributed by atoms with Gasteiger partial charge in [0.15, 0.2) is 0 Å². The minimum absolute atomic E-state index is 0.0202. The summed E-state index contributed by atoms with van der Waals surface area (Å²) in [7, 11) is 0. The summed E-state index contributed by atoms with van der Waals surface area (Å²) in [5.74, 6) is 1.32. The van der Waals surface area contributed by atoms with Crippen LogP contribution in [0.4, 0.5) is 0 Å². The number of carbonyl (C=O) groups is 1. The van der Waals surface area contributed by atoms with Crippen molar-refractivity contribution in [3.63, 3.8) is 0 Å². The van der Waals surface area contributed by atoms with Crippen LogP contribution in [0.5, 0.6) is 0 Å². The van der Waals surface area contributed by atoms with E-state index in [1.807, 2.05) is 13.1 Å². The van der Waals surface area contributed by atoms with Gasteiger partial charge in [0.1, 0.15) is 0 Å². The van der Waals surface area contributed by atoms with Gasteiger partial charge in [-0.3, -0.25) is 4.79 Å². The van der Waals surface area contributed by atoms with Crippen molar-refractivity contribution in [1.82, 2.24) is 15.2 Å². The zero-order valence-corrected chi connectivity index (χ0v) is 15.0. The van der Waals surface area contributed by atoms with E-state index in [1.54, 1.807) is 5.01 Å². The van der Waals surface area contributed by atoms with Gasteiger partial charge in [0.05, 0.1) is 0 Å². The highest BCUT2D eigenvalue weighted by Gasteiger charge is 2.34. The van der Waals surface area contributed by atoms with Crippen LogP contribution in [0.25, 0.3) is 0 Å². The Labute approximate surface area is 145 Å². The maximum Gasteiger partial charge on any atom is 0.248 e. The number of carbonyl (C=O) groups excluding carboxylic acids is 1. The average molecular weight is 330 g/mol. The predicted molar refractivity (Wildman–Crippen MR) is 97.3 cm³/mol. The summed E-state index contributed by atoms with van der Waals surface area (Å²) in [5, 5.41) is 9.12. The molecule has 1 unspecified atom stereocenters. The van der Waals surface area contributed by atoms with E-state index in [2.05, 4.69) is 35.0 Å². The topological polar surface area (TPSA) is 47.9 Å². The number of fused-ring (bicyclic) bond motifs is 3. The van der Waals surface area contributed by atoms with Gasteiger partial charge in [0.25, 0.3) is 0 Å². The molecule has 0 radical (unpaired) electrons. The van der Waals surface area contributed by atoms with Crippen LogP contribution in [-0.2, 0) is 4.79 Å². The SMILES string of the molecule is C=NN(/C=C(\C)C(=O)NC1CN2CCC1CC2)C1=CCC[C@H](C)C1. The second kappa shape index (κ2) is 7.51. The molecule has 3 heterocycles. The molecule has 0 saturated carbocycles. The van der Waals surface area contributed by atoms with E-state index in [0.717, 1.165) is 25.1 Å². The van der Waals surface area contributed by atoms with Gasteiger partial charge >= 0.3 is 0 Å². The lowest BCUT2D eigenvalue weighted by atomic mass is 9.84. The third kappa shape index (κ3) is 3.89. The van der Waals surface area contributed by atoms with Crippen LogP contribution in [0.2, 0.25) is 0 Å². The number of hydrogen-bond acceptors (Lipinski definition) is 4. The van der Waals surface area contributed by atoms with Crippen molar-refractivity contribution in [3.05, 3.63) is 23.5 Å². The molecule has 2 atom stereocenters. The zero-order chi connectivity index (χ0) is 17.1. The van der Waals surface area contributed by atoms with Gasteiger partial charge in [0, 0.05) is 36.8 Å². The zero-order valence-electron chi connectivity index (χ0n) is 15.0. The number of amides is 1. The van der Waals surface area contributed by atoms with Gasteiger partial charge in [0.2, 0.25) is 5.91 Å². The molecule has 5 nitrogen and oxygen atoms in total. The number of piperidine rings is 3. The molecule has 0 spiro atoms. The van der Waals surface area contributed by atoms with Crippen LogP contribution in [0, 0.1) is 11.8 Å². The number of nitrogens with one attached hydrogen (secondary N) is 1. The summed E-state index contributed by atoms with van der Waals surface area (Å²) in [6, 6.07) is 0.294. The fourth-order valence-electron chi connectivity index (χ4n) is 4.13. The summed E-state index contributed by atoms with van der Waals surface area (Å²) in [6.45, 7) is 11.2. The van der Waals surface area contributed by atoms with Crippen molar-refractivity contribution < 1.29 is 4.79 Å². The molecule has 4 aliphatic rings. The van der Waals surface area contributed by atoms with E-state index in [1.165, 1.54) is 32.4 Å². The van der Waals surface area contributed by atoms with Crippen LogP contribution in [-0.4, -0.2) is 48.2 Å². The lowest BCUT2D eigenvalue weighted by molar-refractivity contribution is -0.119. The molecular formula is C19H30N4O. The number of rotatable bonds is 5. The monoisotopic (exact) mass is 330 g/mol. The quantitative estimate of drug-likeness (QED) is 0.479. The van der Waals surface area contributed by atoms with Crippen molar-refractivity contribution in [2.24, 2.45) is 16.9 Å². The van der Waals surface area contributed by atoms with Gasteiger partial charge in [-0.05, 0) is 64.0 Å². The summed E-state index contributed by atoms with van der Waals surface area (Å²) < 4.78 is 0. The van der Waals surface area contributed by atoms with Gasteiger partial charge < -0.3 is 10.2 Å². The average Bonchev–Trinajstić information content (AvgIpc) is 2.60. The maximum absolute atomic E-state index is 12.6. The normalized spacial score (nSPS) is 32.9. The highest BCUT2D eigenvalue weighted by atomic mass is 16.1. The second-order valence-corrected chi connectivity index (χ2v) is 7.60. The maximum atomic E-state index is 12.6. The van der Waals surface area contributed by atoms with Crippen LogP contribution < -0.4 is 5.32 Å². The molecule has 0 aromatic heterocycles. The first-order valence-corrected chi connectivity index (χ1v) is 9.23. The van der Waals surface area contributed by atoms with Crippen LogP contribution in [0.1, 0.15) is 46.0 Å². The molecule has 24 heavy (non-hydrogen) atoms. The molecule has 0 aromatic carbocycles. The van der Waals surface area contributed by atoms with Crippen molar-refractivity contribution in [1.29, 1.82) is 0 Å². The predicted octanol–water partition coefficient (Wildman–Crippen LogP) is 2.72. The van der Waals surface area contributed by atoms with Gasteiger partial charge in [-0.25, -0.2) is 5.01 Å². The van der Waals surface area contributed by atoms with Gasteiger partial charge in [-0.2, -0.15) is 5.10 Å². The number of nitrogens with zero attached hydrogens (tertiary/aromatic N) is 3. The van der Waals surface area contributed by atoms with Crippen LogP contribution in [0.3, 0.4) is 0 Å². The summed E-state index contributed by atoms with van der Waals surface area (Å²) in [4.78, 5) is 15.0. The van der Waals surface area contributed by atoms with E-state index in [0.29, 0.717) is 23.5 Å². The minimum Gasteiger partial charge on any atom is -0.348 e. The van der Waals surface area contributed by atoms with Gasteiger partial charge in [-0.1, -0.05) is 13.0 Å². The molecule has 1 N–H and O–H groups in total. The fraction of sp³-hybridized carbons (Fsp3) is 0.684. The Balaban J connectivity index is 1.62. The number of hydrogen-bond donors (Lipinski definition) is 1.